The van der Waals surface area contributed by atoms with Gasteiger partial charge in [0.15, 0.2) is 5.82 Å². The Hall–Kier alpha value is -6.33. The van der Waals surface area contributed by atoms with Gasteiger partial charge in [-0.15, -0.1) is 0 Å². The van der Waals surface area contributed by atoms with Crippen LogP contribution in [0.3, 0.4) is 0 Å². The molecule has 11 rings (SSSR count). The molecular formula is C45H44FN9O6S. The molecule has 1 saturated carbocycles. The predicted molar refractivity (Wildman–Crippen MR) is 229 cm³/mol. The first-order chi connectivity index (χ1) is 29.9. The number of benzene rings is 3. The lowest BCUT2D eigenvalue weighted by Crippen LogP contribution is -2.58. The summed E-state index contributed by atoms with van der Waals surface area (Å²) < 4.78 is 47.2. The van der Waals surface area contributed by atoms with Gasteiger partial charge >= 0.3 is 11.4 Å². The lowest BCUT2D eigenvalue weighted by atomic mass is 9.77. The van der Waals surface area contributed by atoms with E-state index in [0.29, 0.717) is 83.9 Å². The SMILES string of the molecule is Cc1cc(-n2nc3c(c2-n2ccn(-c4ccc(NS(C)=O)cc4)c2=O)C2CC(C3)N2C(=O)c2cc3cc(C4CCOCC4)ccc3n2C2(c3noc(=O)[nH]3)CC2C)cc(C)c1F. The van der Waals surface area contributed by atoms with E-state index < -0.39 is 28.3 Å². The number of aromatic amines is 1. The van der Waals surface area contributed by atoms with E-state index in [-0.39, 0.29) is 29.4 Å². The second-order valence-corrected chi connectivity index (χ2v) is 18.4. The molecule has 2 N–H and O–H groups in total. The largest absolute Gasteiger partial charge is 0.438 e. The maximum absolute atomic E-state index is 15.5. The Balaban J connectivity index is 1.05. The molecule has 3 aromatic carbocycles. The van der Waals surface area contributed by atoms with Crippen molar-refractivity contribution in [2.24, 2.45) is 5.92 Å². The Bertz CT molecular complexity index is 3090. The number of hydrogen-bond donors (Lipinski definition) is 2. The number of likely N-dealkylation sites (tertiary alicyclic amines) is 1. The van der Waals surface area contributed by atoms with Crippen molar-refractivity contribution < 1.29 is 22.7 Å². The molecule has 62 heavy (non-hydrogen) atoms. The summed E-state index contributed by atoms with van der Waals surface area (Å²) in [5, 5.41) is 10.2. The van der Waals surface area contributed by atoms with E-state index in [1.807, 2.05) is 11.0 Å². The van der Waals surface area contributed by atoms with E-state index in [2.05, 4.69) is 44.6 Å². The van der Waals surface area contributed by atoms with Gasteiger partial charge in [-0.2, -0.15) is 5.10 Å². The Morgan fingerprint density at radius 1 is 0.984 bits per heavy atom. The van der Waals surface area contributed by atoms with Crippen LogP contribution in [0.1, 0.15) is 88.8 Å². The average Bonchev–Trinajstić information content (AvgIpc) is 3.75. The van der Waals surface area contributed by atoms with Crippen LogP contribution in [0.15, 0.2) is 87.2 Å². The first-order valence-corrected chi connectivity index (χ1v) is 22.5. The highest BCUT2D eigenvalue weighted by Gasteiger charge is 2.60. The number of nitrogens with one attached hydrogen (secondary N) is 2. The third-order valence-corrected chi connectivity index (χ3v) is 14.1. The lowest BCUT2D eigenvalue weighted by Gasteiger charge is -2.52. The molecule has 2 aliphatic carbocycles. The highest BCUT2D eigenvalue weighted by Crippen LogP contribution is 2.57. The summed E-state index contributed by atoms with van der Waals surface area (Å²) >= 11 is 0. The van der Waals surface area contributed by atoms with Gasteiger partial charge in [-0.3, -0.25) is 23.4 Å². The van der Waals surface area contributed by atoms with Crippen LogP contribution < -0.4 is 16.2 Å². The van der Waals surface area contributed by atoms with Crippen molar-refractivity contribution in [3.05, 3.63) is 139 Å². The summed E-state index contributed by atoms with van der Waals surface area (Å²) in [6.07, 6.45) is 8.51. The zero-order chi connectivity index (χ0) is 42.8. The topological polar surface area (TPSA) is 167 Å². The molecule has 7 aromatic rings. The molecule has 15 nitrogen and oxygen atoms in total. The van der Waals surface area contributed by atoms with Crippen molar-refractivity contribution in [3.63, 3.8) is 0 Å². The van der Waals surface area contributed by atoms with Gasteiger partial charge in [-0.1, -0.05) is 18.1 Å². The first kappa shape index (κ1) is 38.6. The van der Waals surface area contributed by atoms with E-state index in [4.69, 9.17) is 14.4 Å². The number of halogens is 1. The molecule has 17 heteroatoms. The Labute approximate surface area is 356 Å². The number of carbonyl (C=O) groups excluding carboxylic acids is 1. The van der Waals surface area contributed by atoms with Gasteiger partial charge in [0, 0.05) is 66.5 Å². The zero-order valence-electron chi connectivity index (χ0n) is 34.6. The minimum atomic E-state index is -1.26. The molecule has 318 valence electrons. The first-order valence-electron chi connectivity index (χ1n) is 20.9. The monoisotopic (exact) mass is 857 g/mol. The number of amides is 1. The molecule has 6 heterocycles. The fourth-order valence-electron chi connectivity index (χ4n) is 10.4. The molecule has 4 aromatic heterocycles. The van der Waals surface area contributed by atoms with E-state index in [1.165, 1.54) is 10.1 Å². The van der Waals surface area contributed by atoms with Crippen LogP contribution in [-0.2, 0) is 27.7 Å². The average molecular weight is 858 g/mol. The molecule has 0 spiro atoms. The maximum Gasteiger partial charge on any atom is 0.438 e. The molecule has 4 aliphatic rings. The number of hydrogen-bond acceptors (Lipinski definition) is 8. The van der Waals surface area contributed by atoms with Crippen molar-refractivity contribution in [1.29, 1.82) is 0 Å². The number of rotatable bonds is 9. The fraction of sp³-hybridized carbons (Fsp3) is 0.356. The highest BCUT2D eigenvalue weighted by molar-refractivity contribution is 7.85. The smallest absolute Gasteiger partial charge is 0.381 e. The Morgan fingerprint density at radius 3 is 2.39 bits per heavy atom. The molecule has 2 aliphatic heterocycles. The minimum absolute atomic E-state index is 0.0366. The van der Waals surface area contributed by atoms with Gasteiger partial charge in [0.25, 0.3) is 5.91 Å². The van der Waals surface area contributed by atoms with Crippen LogP contribution in [-0.4, -0.2) is 74.1 Å². The minimum Gasteiger partial charge on any atom is -0.381 e. The Morgan fingerprint density at radius 2 is 1.71 bits per heavy atom. The second kappa shape index (κ2) is 14.1. The fourth-order valence-corrected chi connectivity index (χ4v) is 10.9. The van der Waals surface area contributed by atoms with Gasteiger partial charge in [-0.05, 0) is 123 Å². The highest BCUT2D eigenvalue weighted by atomic mass is 32.2. The number of carbonyl (C=O) groups is 1. The number of anilines is 1. The molecule has 5 atom stereocenters. The van der Waals surface area contributed by atoms with Gasteiger partial charge < -0.3 is 18.9 Å². The van der Waals surface area contributed by atoms with Crippen molar-refractivity contribution in [3.8, 4) is 17.2 Å². The summed E-state index contributed by atoms with van der Waals surface area (Å²) in [5.41, 5.74) is 5.60. The van der Waals surface area contributed by atoms with Crippen molar-refractivity contribution in [2.45, 2.75) is 76.4 Å². The maximum atomic E-state index is 15.5. The van der Waals surface area contributed by atoms with E-state index >= 15 is 9.18 Å². The van der Waals surface area contributed by atoms with Crippen LogP contribution in [0, 0.1) is 25.6 Å². The third-order valence-electron chi connectivity index (χ3n) is 13.5. The number of aryl methyl sites for hydroxylation is 2. The van der Waals surface area contributed by atoms with Crippen LogP contribution >= 0.6 is 0 Å². The number of aromatic nitrogens is 7. The van der Waals surface area contributed by atoms with Crippen LogP contribution in [0.25, 0.3) is 28.1 Å². The van der Waals surface area contributed by atoms with Crippen LogP contribution in [0.4, 0.5) is 10.1 Å². The standard InChI is InChI=1S/C45H44FN9O6S/c1-24-17-33(18-25(2)39(24)46)55-40(52-14-13-51(44(52)58)31-8-6-30(7-9-31)50-62(4)59)38-34(48-55)21-32-22-36(38)53(32)41(56)37-20-29-19-28(27-11-15-60-16-12-27)5-10-35(29)54(37)45(23-26(45)3)42-47-43(57)61-49-42/h5-10,13-14,17-20,26-27,32,36,50H,11-12,15-16,21-23H2,1-4H3,(H,47,49,57). The predicted octanol–water partition coefficient (Wildman–Crippen LogP) is 6.10. The number of imidazole rings is 1. The molecule has 1 amide bonds. The quantitative estimate of drug-likeness (QED) is 0.176. The van der Waals surface area contributed by atoms with Gasteiger partial charge in [-0.25, -0.2) is 22.9 Å². The molecule has 2 saturated heterocycles. The number of nitrogens with zero attached hydrogens (tertiary/aromatic N) is 7. The number of H-pyrrole nitrogens is 1. The van der Waals surface area contributed by atoms with E-state index in [0.717, 1.165) is 35.0 Å². The summed E-state index contributed by atoms with van der Waals surface area (Å²) in [4.78, 5) is 47.1. The molecule has 2 bridgehead atoms. The van der Waals surface area contributed by atoms with Crippen molar-refractivity contribution in [1.82, 2.24) is 38.5 Å². The van der Waals surface area contributed by atoms with E-state index in [1.54, 1.807) is 78.1 Å². The normalized spacial score (nSPS) is 22.4. The van der Waals surface area contributed by atoms with Crippen molar-refractivity contribution >= 4 is 33.5 Å². The van der Waals surface area contributed by atoms with Crippen LogP contribution in [0.5, 0.6) is 0 Å². The molecule has 5 unspecified atom stereocenters. The summed E-state index contributed by atoms with van der Waals surface area (Å²) in [6.45, 7) is 6.90. The second-order valence-electron chi connectivity index (χ2n) is 17.3. The molecular weight excluding hydrogens is 814 g/mol. The zero-order valence-corrected chi connectivity index (χ0v) is 35.4. The summed E-state index contributed by atoms with van der Waals surface area (Å²) in [7, 11) is -1.26. The summed E-state index contributed by atoms with van der Waals surface area (Å²) in [6, 6.07) is 18.3. The number of ether oxygens (including phenoxy) is 1. The van der Waals surface area contributed by atoms with E-state index in [9.17, 15) is 13.8 Å². The van der Waals surface area contributed by atoms with Gasteiger partial charge in [0.1, 0.15) is 33.9 Å². The van der Waals surface area contributed by atoms with Gasteiger partial charge in [0.2, 0.25) is 0 Å². The van der Waals surface area contributed by atoms with Crippen molar-refractivity contribution in [2.75, 3.05) is 24.2 Å². The summed E-state index contributed by atoms with van der Waals surface area (Å²) in [5.74, 6) is 0.0904. The molecule has 3 fully saturated rings. The van der Waals surface area contributed by atoms with Gasteiger partial charge in [0.05, 0.1) is 23.1 Å². The lowest BCUT2D eigenvalue weighted by molar-refractivity contribution is 0.00511. The third kappa shape index (κ3) is 5.84. The molecule has 0 radical (unpaired) electrons. The Kier molecular flexibility index (Phi) is 8.78. The number of fused-ring (bicyclic) bond motifs is 5. The van der Waals surface area contributed by atoms with Crippen LogP contribution in [0.2, 0.25) is 0 Å².